The van der Waals surface area contributed by atoms with Crippen molar-refractivity contribution in [3.63, 3.8) is 0 Å². The zero-order chi connectivity index (χ0) is 15.9. The maximum Gasteiger partial charge on any atom is 0.434 e. The van der Waals surface area contributed by atoms with Crippen LogP contribution in [0.2, 0.25) is 0 Å². The normalized spacial score (nSPS) is 11.8. The lowest BCUT2D eigenvalue weighted by atomic mass is 10.2. The van der Waals surface area contributed by atoms with E-state index in [1.165, 1.54) is 11.3 Å². The topological polar surface area (TPSA) is 68.0 Å². The summed E-state index contributed by atoms with van der Waals surface area (Å²) in [6.45, 7) is 0. The van der Waals surface area contributed by atoms with Gasteiger partial charge in [0.25, 0.3) is 0 Å². The van der Waals surface area contributed by atoms with E-state index in [9.17, 15) is 18.0 Å². The maximum atomic E-state index is 13.1. The molecule has 0 unspecified atom stereocenters. The molecular weight excluding hydrogens is 339 g/mol. The molecule has 22 heavy (non-hydrogen) atoms. The van der Waals surface area contributed by atoms with E-state index >= 15 is 0 Å². The fourth-order valence-corrected chi connectivity index (χ4v) is 3.37. The molecule has 114 valence electrons. The smallest absolute Gasteiger partial charge is 0.434 e. The second kappa shape index (κ2) is 5.21. The molecule has 0 fully saturated rings. The first-order valence-corrected chi connectivity index (χ1v) is 7.52. The lowest BCUT2D eigenvalue weighted by Gasteiger charge is -2.09. The number of carbonyl (C=O) groups is 1. The average Bonchev–Trinajstić information content (AvgIpc) is 3.17. The Kier molecular flexibility index (Phi) is 3.49. The van der Waals surface area contributed by atoms with E-state index in [1.54, 1.807) is 17.5 Å². The summed E-state index contributed by atoms with van der Waals surface area (Å²) in [6, 6.07) is 3.59. The van der Waals surface area contributed by atoms with Crippen LogP contribution in [0.25, 0.3) is 15.7 Å². The Labute approximate surface area is 129 Å². The molecule has 0 saturated heterocycles. The molecule has 3 heterocycles. The molecule has 0 saturated carbocycles. The molecule has 3 aromatic heterocycles. The highest BCUT2D eigenvalue weighted by Crippen LogP contribution is 2.35. The van der Waals surface area contributed by atoms with Gasteiger partial charge in [0.2, 0.25) is 5.13 Å². The van der Waals surface area contributed by atoms with E-state index < -0.39 is 23.4 Å². The Morgan fingerprint density at radius 3 is 2.68 bits per heavy atom. The second-order valence-corrected chi connectivity index (χ2v) is 5.90. The van der Waals surface area contributed by atoms with Gasteiger partial charge in [0.1, 0.15) is 5.56 Å². The van der Waals surface area contributed by atoms with E-state index in [2.05, 4.69) is 10.1 Å². The van der Waals surface area contributed by atoms with Gasteiger partial charge in [-0.3, -0.25) is 0 Å². The predicted molar refractivity (Wildman–Crippen MR) is 74.5 cm³/mol. The largest absolute Gasteiger partial charge is 0.478 e. The van der Waals surface area contributed by atoms with Crippen LogP contribution in [0.5, 0.6) is 0 Å². The summed E-state index contributed by atoms with van der Waals surface area (Å²) >= 11 is 2.36. The third-order valence-corrected chi connectivity index (χ3v) is 4.42. The van der Waals surface area contributed by atoms with Gasteiger partial charge in [0.05, 0.1) is 16.8 Å². The summed E-state index contributed by atoms with van der Waals surface area (Å²) in [7, 11) is 0. The lowest BCUT2D eigenvalue weighted by molar-refractivity contribution is -0.143. The number of aromatic carboxylic acids is 1. The van der Waals surface area contributed by atoms with Crippen LogP contribution >= 0.6 is 22.7 Å². The Morgan fingerprint density at radius 1 is 1.32 bits per heavy atom. The molecule has 0 aliphatic heterocycles. The number of rotatable bonds is 3. The van der Waals surface area contributed by atoms with E-state index in [0.29, 0.717) is 16.6 Å². The maximum absolute atomic E-state index is 13.1. The van der Waals surface area contributed by atoms with Gasteiger partial charge in [0.15, 0.2) is 5.69 Å². The third kappa shape index (κ3) is 2.50. The molecule has 0 spiro atoms. The van der Waals surface area contributed by atoms with Crippen molar-refractivity contribution in [1.82, 2.24) is 14.8 Å². The zero-order valence-corrected chi connectivity index (χ0v) is 12.2. The quantitative estimate of drug-likeness (QED) is 0.784. The first-order valence-electron chi connectivity index (χ1n) is 5.76. The van der Waals surface area contributed by atoms with Crippen molar-refractivity contribution in [2.75, 3.05) is 0 Å². The molecule has 1 N–H and O–H groups in total. The SMILES string of the molecule is O=C(O)c1cnn(-c2nc(-c3cccs3)cs2)c1C(F)(F)F. The number of carboxylic acids is 1. The highest BCUT2D eigenvalue weighted by Gasteiger charge is 2.41. The van der Waals surface area contributed by atoms with Gasteiger partial charge in [-0.1, -0.05) is 6.07 Å². The van der Waals surface area contributed by atoms with E-state index in [4.69, 9.17) is 5.11 Å². The van der Waals surface area contributed by atoms with Crippen molar-refractivity contribution in [3.05, 3.63) is 40.3 Å². The minimum atomic E-state index is -4.85. The number of thiazole rings is 1. The van der Waals surface area contributed by atoms with Gasteiger partial charge in [-0.05, 0) is 11.4 Å². The van der Waals surface area contributed by atoms with Crippen LogP contribution in [0, 0.1) is 0 Å². The first-order chi connectivity index (χ1) is 10.4. The molecule has 0 bridgehead atoms. The summed E-state index contributed by atoms with van der Waals surface area (Å²) in [5.41, 5.74) is -1.72. The number of halogens is 3. The highest BCUT2D eigenvalue weighted by atomic mass is 32.1. The summed E-state index contributed by atoms with van der Waals surface area (Å²) < 4.78 is 39.9. The number of carboxylic acid groups (broad SMARTS) is 1. The third-order valence-electron chi connectivity index (χ3n) is 2.72. The monoisotopic (exact) mass is 345 g/mol. The highest BCUT2D eigenvalue weighted by molar-refractivity contribution is 7.15. The standard InChI is InChI=1S/C12H6F3N3O2S2/c13-12(14,15)9-6(10(19)20)4-16-18(9)11-17-7(5-22-11)8-2-1-3-21-8/h1-5H,(H,19,20). The van der Waals surface area contributed by atoms with Crippen LogP contribution in [0.4, 0.5) is 13.2 Å². The van der Waals surface area contributed by atoms with E-state index in [-0.39, 0.29) is 5.13 Å². The summed E-state index contributed by atoms with van der Waals surface area (Å²) in [6.07, 6.45) is -4.17. The van der Waals surface area contributed by atoms with Crippen molar-refractivity contribution in [3.8, 4) is 15.7 Å². The Balaban J connectivity index is 2.11. The number of hydrogen-bond acceptors (Lipinski definition) is 5. The van der Waals surface area contributed by atoms with Gasteiger partial charge in [-0.15, -0.1) is 22.7 Å². The molecule has 3 aromatic rings. The van der Waals surface area contributed by atoms with Crippen molar-refractivity contribution >= 4 is 28.6 Å². The number of aromatic nitrogens is 3. The zero-order valence-electron chi connectivity index (χ0n) is 10.5. The van der Waals surface area contributed by atoms with E-state index in [0.717, 1.165) is 16.2 Å². The first kappa shape index (κ1) is 14.7. The van der Waals surface area contributed by atoms with Gasteiger partial charge < -0.3 is 5.11 Å². The molecule has 0 aromatic carbocycles. The van der Waals surface area contributed by atoms with Gasteiger partial charge in [-0.2, -0.15) is 18.3 Å². The Hall–Kier alpha value is -2.20. The summed E-state index contributed by atoms with van der Waals surface area (Å²) in [5, 5.41) is 15.8. The predicted octanol–water partition coefficient (Wildman–Crippen LogP) is 3.77. The summed E-state index contributed by atoms with van der Waals surface area (Å²) in [5.74, 6) is -1.69. The number of nitrogens with zero attached hydrogens (tertiary/aromatic N) is 3. The van der Waals surface area contributed by atoms with Crippen LogP contribution in [0.3, 0.4) is 0 Å². The fraction of sp³-hybridized carbons (Fsp3) is 0.0833. The van der Waals surface area contributed by atoms with Crippen molar-refractivity contribution in [1.29, 1.82) is 0 Å². The molecule has 0 aliphatic carbocycles. The van der Waals surface area contributed by atoms with Crippen molar-refractivity contribution in [2.24, 2.45) is 0 Å². The molecular formula is C12H6F3N3O2S2. The lowest BCUT2D eigenvalue weighted by Crippen LogP contribution is -2.17. The minimum Gasteiger partial charge on any atom is -0.478 e. The molecule has 3 rings (SSSR count). The fourth-order valence-electron chi connectivity index (χ4n) is 1.82. The molecule has 0 radical (unpaired) electrons. The van der Waals surface area contributed by atoms with Crippen molar-refractivity contribution in [2.45, 2.75) is 6.18 Å². The summed E-state index contributed by atoms with van der Waals surface area (Å²) in [4.78, 5) is 15.8. The van der Waals surface area contributed by atoms with Gasteiger partial charge in [0, 0.05) is 5.38 Å². The molecule has 10 heteroatoms. The van der Waals surface area contributed by atoms with Crippen LogP contribution in [0.15, 0.2) is 29.1 Å². The van der Waals surface area contributed by atoms with Gasteiger partial charge >= 0.3 is 12.1 Å². The van der Waals surface area contributed by atoms with Crippen LogP contribution in [-0.4, -0.2) is 25.8 Å². The Morgan fingerprint density at radius 2 is 2.09 bits per heavy atom. The molecule has 5 nitrogen and oxygen atoms in total. The van der Waals surface area contributed by atoms with Crippen LogP contribution < -0.4 is 0 Å². The van der Waals surface area contributed by atoms with Crippen molar-refractivity contribution < 1.29 is 23.1 Å². The number of thiophene rings is 1. The molecule has 0 atom stereocenters. The minimum absolute atomic E-state index is 0.0387. The molecule has 0 aliphatic rings. The van der Waals surface area contributed by atoms with Crippen LogP contribution in [-0.2, 0) is 6.18 Å². The Bertz CT molecular complexity index is 821. The second-order valence-electron chi connectivity index (χ2n) is 4.11. The average molecular weight is 345 g/mol. The number of hydrogen-bond donors (Lipinski definition) is 1. The number of alkyl halides is 3. The molecule has 0 amide bonds. The van der Waals surface area contributed by atoms with Gasteiger partial charge in [-0.25, -0.2) is 14.5 Å². The van der Waals surface area contributed by atoms with Crippen LogP contribution in [0.1, 0.15) is 16.1 Å². The van der Waals surface area contributed by atoms with E-state index in [1.807, 2.05) is 5.38 Å².